The van der Waals surface area contributed by atoms with Crippen LogP contribution in [-0.2, 0) is 14.4 Å². The summed E-state index contributed by atoms with van der Waals surface area (Å²) in [4.78, 5) is 32.7. The van der Waals surface area contributed by atoms with E-state index in [-0.39, 0.29) is 12.3 Å². The van der Waals surface area contributed by atoms with E-state index in [9.17, 15) is 14.4 Å². The van der Waals surface area contributed by atoms with Gasteiger partial charge in [-0.1, -0.05) is 0 Å². The van der Waals surface area contributed by atoms with Gasteiger partial charge in [-0.2, -0.15) is 0 Å². The van der Waals surface area contributed by atoms with Crippen molar-refractivity contribution >= 4 is 17.8 Å². The normalized spacial score (nSPS) is 22.3. The molecule has 1 unspecified atom stereocenters. The summed E-state index contributed by atoms with van der Waals surface area (Å²) in [5, 5.41) is 10.7. The second kappa shape index (κ2) is 3.04. The molecule has 1 N–H and O–H groups in total. The van der Waals surface area contributed by atoms with Crippen molar-refractivity contribution in [2.24, 2.45) is 0 Å². The quantitative estimate of drug-likeness (QED) is 0.573. The van der Waals surface area contributed by atoms with Crippen molar-refractivity contribution < 1.29 is 19.5 Å². The fraction of sp³-hybridized carbons (Fsp3) is 0.571. The topological polar surface area (TPSA) is 77.9 Å². The molecular weight excluding hydrogens is 176 g/mol. The third-order valence-corrected chi connectivity index (χ3v) is 1.96. The Labute approximate surface area is 74.7 Å². The van der Waals surface area contributed by atoms with Crippen LogP contribution in [0.25, 0.3) is 0 Å². The van der Waals surface area contributed by atoms with Crippen molar-refractivity contribution in [1.82, 2.24) is 10.0 Å². The van der Waals surface area contributed by atoms with Crippen molar-refractivity contribution in [3.63, 3.8) is 0 Å². The minimum Gasteiger partial charge on any atom is -0.480 e. The lowest BCUT2D eigenvalue weighted by Gasteiger charge is -2.25. The van der Waals surface area contributed by atoms with Gasteiger partial charge in [0.15, 0.2) is 6.04 Å². The summed E-state index contributed by atoms with van der Waals surface area (Å²) < 4.78 is 0. The standard InChI is InChI=1S/C7H10N2O4/c1-4(10)9-5(7(12)13)3-6(11)8(9)2/h5H,3H2,1-2H3,(H,12,13). The molecule has 0 spiro atoms. The van der Waals surface area contributed by atoms with Crippen LogP contribution in [0.15, 0.2) is 0 Å². The van der Waals surface area contributed by atoms with Crippen LogP contribution in [0.4, 0.5) is 0 Å². The summed E-state index contributed by atoms with van der Waals surface area (Å²) in [7, 11) is 1.38. The number of amides is 2. The highest BCUT2D eigenvalue weighted by atomic mass is 16.4. The number of nitrogens with zero attached hydrogens (tertiary/aromatic N) is 2. The lowest BCUT2D eigenvalue weighted by molar-refractivity contribution is -0.160. The number of carboxylic acids is 1. The minimum absolute atomic E-state index is 0.147. The van der Waals surface area contributed by atoms with E-state index in [4.69, 9.17) is 5.11 Å². The fourth-order valence-electron chi connectivity index (χ4n) is 1.34. The van der Waals surface area contributed by atoms with Crippen LogP contribution in [0, 0.1) is 0 Å². The van der Waals surface area contributed by atoms with Gasteiger partial charge in [-0.15, -0.1) is 0 Å². The van der Waals surface area contributed by atoms with Crippen LogP contribution in [0.1, 0.15) is 13.3 Å². The molecule has 1 saturated heterocycles. The minimum atomic E-state index is -1.16. The average molecular weight is 186 g/mol. The van der Waals surface area contributed by atoms with E-state index >= 15 is 0 Å². The summed E-state index contributed by atoms with van der Waals surface area (Å²) in [5.41, 5.74) is 0. The van der Waals surface area contributed by atoms with Crippen molar-refractivity contribution in [2.45, 2.75) is 19.4 Å². The van der Waals surface area contributed by atoms with Gasteiger partial charge in [0.25, 0.3) is 0 Å². The first-order valence-corrected chi connectivity index (χ1v) is 3.74. The first-order valence-electron chi connectivity index (χ1n) is 3.74. The van der Waals surface area contributed by atoms with Crippen LogP contribution in [0.5, 0.6) is 0 Å². The molecule has 0 aromatic heterocycles. The maximum atomic E-state index is 11.1. The van der Waals surface area contributed by atoms with Crippen LogP contribution >= 0.6 is 0 Å². The Balaban J connectivity index is 2.93. The Morgan fingerprint density at radius 2 is 2.08 bits per heavy atom. The van der Waals surface area contributed by atoms with E-state index in [0.717, 1.165) is 10.0 Å². The van der Waals surface area contributed by atoms with E-state index in [1.165, 1.54) is 14.0 Å². The third kappa shape index (κ3) is 1.47. The molecule has 0 radical (unpaired) electrons. The Kier molecular flexibility index (Phi) is 2.22. The first-order chi connectivity index (χ1) is 5.95. The summed E-state index contributed by atoms with van der Waals surface area (Å²) in [6.07, 6.45) is -0.147. The largest absolute Gasteiger partial charge is 0.480 e. The summed E-state index contributed by atoms with van der Waals surface area (Å²) in [6.45, 7) is 1.23. The smallest absolute Gasteiger partial charge is 0.329 e. The van der Waals surface area contributed by atoms with Crippen molar-refractivity contribution in [3.8, 4) is 0 Å². The number of hydrogen-bond donors (Lipinski definition) is 1. The van der Waals surface area contributed by atoms with Crippen LogP contribution in [0.2, 0.25) is 0 Å². The van der Waals surface area contributed by atoms with Gasteiger partial charge >= 0.3 is 5.97 Å². The van der Waals surface area contributed by atoms with E-state index in [1.807, 2.05) is 0 Å². The van der Waals surface area contributed by atoms with Gasteiger partial charge in [0, 0.05) is 14.0 Å². The highest BCUT2D eigenvalue weighted by Crippen LogP contribution is 2.18. The summed E-state index contributed by atoms with van der Waals surface area (Å²) in [5.74, 6) is -1.96. The highest BCUT2D eigenvalue weighted by molar-refractivity contribution is 5.92. The lowest BCUT2D eigenvalue weighted by Crippen LogP contribution is -2.46. The molecule has 2 amide bonds. The van der Waals surface area contributed by atoms with Gasteiger partial charge in [0.05, 0.1) is 6.42 Å². The molecular formula is C7H10N2O4. The number of aliphatic carboxylic acids is 1. The maximum absolute atomic E-state index is 11.1. The molecule has 0 aromatic carbocycles. The zero-order valence-electron chi connectivity index (χ0n) is 7.35. The highest BCUT2D eigenvalue weighted by Gasteiger charge is 2.41. The Morgan fingerprint density at radius 3 is 2.38 bits per heavy atom. The summed E-state index contributed by atoms with van der Waals surface area (Å²) in [6, 6.07) is -1.05. The number of hydrogen-bond acceptors (Lipinski definition) is 3. The number of carbonyl (C=O) groups excluding carboxylic acids is 2. The molecule has 1 fully saturated rings. The molecule has 1 heterocycles. The second-order valence-corrected chi connectivity index (χ2v) is 2.84. The predicted octanol–water partition coefficient (Wildman–Crippen LogP) is -0.935. The van der Waals surface area contributed by atoms with Gasteiger partial charge in [-0.25, -0.2) is 9.80 Å². The molecule has 1 rings (SSSR count). The average Bonchev–Trinajstić information content (AvgIpc) is 2.28. The Hall–Kier alpha value is -1.59. The number of carbonyl (C=O) groups is 3. The predicted molar refractivity (Wildman–Crippen MR) is 41.3 cm³/mol. The van der Waals surface area contributed by atoms with Gasteiger partial charge in [-0.3, -0.25) is 14.6 Å². The van der Waals surface area contributed by atoms with Crippen molar-refractivity contribution in [3.05, 3.63) is 0 Å². The number of hydrazine groups is 1. The Morgan fingerprint density at radius 1 is 1.54 bits per heavy atom. The molecule has 72 valence electrons. The van der Waals surface area contributed by atoms with E-state index < -0.39 is 17.9 Å². The van der Waals surface area contributed by atoms with E-state index in [1.54, 1.807) is 0 Å². The zero-order valence-corrected chi connectivity index (χ0v) is 7.35. The van der Waals surface area contributed by atoms with Gasteiger partial charge in [0.1, 0.15) is 0 Å². The lowest BCUT2D eigenvalue weighted by atomic mass is 10.2. The molecule has 6 nitrogen and oxygen atoms in total. The molecule has 1 aliphatic heterocycles. The molecule has 0 aromatic rings. The Bertz CT molecular complexity index is 276. The molecule has 0 saturated carbocycles. The third-order valence-electron chi connectivity index (χ3n) is 1.96. The van der Waals surface area contributed by atoms with E-state index in [2.05, 4.69) is 0 Å². The van der Waals surface area contributed by atoms with Crippen LogP contribution < -0.4 is 0 Å². The molecule has 1 atom stereocenters. The molecule has 6 heteroatoms. The van der Waals surface area contributed by atoms with Gasteiger partial charge in [-0.05, 0) is 0 Å². The van der Waals surface area contributed by atoms with Crippen LogP contribution in [-0.4, -0.2) is 46.0 Å². The van der Waals surface area contributed by atoms with E-state index in [0.29, 0.717) is 0 Å². The molecule has 0 bridgehead atoms. The summed E-state index contributed by atoms with van der Waals surface area (Å²) >= 11 is 0. The van der Waals surface area contributed by atoms with Crippen LogP contribution in [0.3, 0.4) is 0 Å². The second-order valence-electron chi connectivity index (χ2n) is 2.84. The fourth-order valence-corrected chi connectivity index (χ4v) is 1.34. The molecule has 13 heavy (non-hydrogen) atoms. The zero-order chi connectivity index (χ0) is 10.2. The first kappa shape index (κ1) is 9.50. The van der Waals surface area contributed by atoms with Crippen molar-refractivity contribution in [1.29, 1.82) is 0 Å². The molecule has 0 aliphatic carbocycles. The van der Waals surface area contributed by atoms with Gasteiger partial charge < -0.3 is 5.11 Å². The number of rotatable bonds is 1. The maximum Gasteiger partial charge on any atom is 0.329 e. The van der Waals surface area contributed by atoms with Crippen molar-refractivity contribution in [2.75, 3.05) is 7.05 Å². The monoisotopic (exact) mass is 186 g/mol. The number of carboxylic acid groups (broad SMARTS) is 1. The SMILES string of the molecule is CC(=O)N1C(C(=O)O)CC(=O)N1C. The molecule has 1 aliphatic rings. The van der Waals surface area contributed by atoms with Gasteiger partial charge in [0.2, 0.25) is 11.8 Å².